The first kappa shape index (κ1) is 32.6. The zero-order chi connectivity index (χ0) is 34.0. The van der Waals surface area contributed by atoms with Crippen LogP contribution in [0.1, 0.15) is 67.8 Å². The Balaban J connectivity index is 1.54. The number of amides is 1. The van der Waals surface area contributed by atoms with Crippen molar-refractivity contribution in [3.8, 4) is 17.2 Å². The Morgan fingerprint density at radius 2 is 1.46 bits per heavy atom. The van der Waals surface area contributed by atoms with Crippen molar-refractivity contribution in [1.82, 2.24) is 0 Å². The van der Waals surface area contributed by atoms with E-state index in [4.69, 9.17) is 14.2 Å². The molecule has 1 heterocycles. The molecular weight excluding hydrogens is 600 g/mol. The summed E-state index contributed by atoms with van der Waals surface area (Å²) in [7, 11) is 4.67. The fourth-order valence-corrected chi connectivity index (χ4v) is 6.71. The van der Waals surface area contributed by atoms with Crippen molar-refractivity contribution in [3.05, 3.63) is 131 Å². The number of methoxy groups -OCH3 is 3. The predicted octanol–water partition coefficient (Wildman–Crippen LogP) is 8.62. The Morgan fingerprint density at radius 1 is 0.812 bits per heavy atom. The number of hydrogen-bond donors (Lipinski definition) is 1. The van der Waals surface area contributed by atoms with E-state index in [1.807, 2.05) is 66.7 Å². The van der Waals surface area contributed by atoms with E-state index in [1.54, 1.807) is 38.4 Å². The number of anilines is 2. The molecule has 0 unspecified atom stereocenters. The molecule has 48 heavy (non-hydrogen) atoms. The summed E-state index contributed by atoms with van der Waals surface area (Å²) < 4.78 is 17.1. The lowest BCUT2D eigenvalue weighted by molar-refractivity contribution is -0.116. The van der Waals surface area contributed by atoms with E-state index in [2.05, 4.69) is 50.4 Å². The van der Waals surface area contributed by atoms with Gasteiger partial charge in [-0.05, 0) is 70.3 Å². The molecule has 1 aliphatic carbocycles. The van der Waals surface area contributed by atoms with Crippen LogP contribution in [0.3, 0.4) is 0 Å². The van der Waals surface area contributed by atoms with E-state index in [0.717, 1.165) is 22.5 Å². The van der Waals surface area contributed by atoms with Gasteiger partial charge in [0.05, 0.1) is 38.7 Å². The van der Waals surface area contributed by atoms with E-state index >= 15 is 0 Å². The maximum Gasteiger partial charge on any atom is 0.251 e. The van der Waals surface area contributed by atoms with Crippen molar-refractivity contribution in [1.29, 1.82) is 0 Å². The van der Waals surface area contributed by atoms with Crippen LogP contribution in [0, 0.1) is 0 Å². The number of carbonyl (C=O) groups excluding carboxylic acids is 2. The standard InChI is InChI=1S/C41H42N2O5/c1-41(2,3)30-19-17-27(18-20-30)28-22-32-38(34(44)23-28)39(29-24-35(46-4)40(48-6)36(25-29)47-5)43(33-15-11-10-14-31(33)42-32)37(45)21-16-26-12-8-7-9-13-26/h7-21,24-25,28,39,42H,22-23H2,1-6H3/b21-16+/t28-,39+/m0/s1. The predicted molar refractivity (Wildman–Crippen MR) is 191 cm³/mol. The normalized spacial score (nSPS) is 17.7. The van der Waals surface area contributed by atoms with E-state index in [-0.39, 0.29) is 23.0 Å². The van der Waals surface area contributed by atoms with Crippen molar-refractivity contribution in [2.45, 2.75) is 51.0 Å². The minimum atomic E-state index is -0.783. The highest BCUT2D eigenvalue weighted by atomic mass is 16.5. The van der Waals surface area contributed by atoms with Crippen LogP contribution in [-0.2, 0) is 15.0 Å². The smallest absolute Gasteiger partial charge is 0.251 e. The van der Waals surface area contributed by atoms with Crippen molar-refractivity contribution in [2.75, 3.05) is 31.5 Å². The van der Waals surface area contributed by atoms with Crippen molar-refractivity contribution < 1.29 is 23.8 Å². The Morgan fingerprint density at radius 3 is 2.08 bits per heavy atom. The molecular formula is C41H42N2O5. The SMILES string of the molecule is COc1cc([C@@H]2C3=C(C[C@H](c4ccc(C(C)(C)C)cc4)CC3=O)Nc3ccccc3N2C(=O)/C=C/c2ccccc2)cc(OC)c1OC. The van der Waals surface area contributed by atoms with Gasteiger partial charge in [-0.25, -0.2) is 0 Å². The van der Waals surface area contributed by atoms with Crippen LogP contribution in [0.5, 0.6) is 17.2 Å². The summed E-state index contributed by atoms with van der Waals surface area (Å²) in [5, 5.41) is 3.62. The van der Waals surface area contributed by atoms with Crippen molar-refractivity contribution in [3.63, 3.8) is 0 Å². The highest BCUT2D eigenvalue weighted by molar-refractivity contribution is 6.10. The molecule has 0 fully saturated rings. The Hall–Kier alpha value is -5.30. The molecule has 0 radical (unpaired) electrons. The maximum absolute atomic E-state index is 14.6. The van der Waals surface area contributed by atoms with E-state index in [1.165, 1.54) is 5.56 Å². The van der Waals surface area contributed by atoms with Gasteiger partial charge in [-0.1, -0.05) is 87.5 Å². The number of nitrogens with zero attached hydrogens (tertiary/aromatic N) is 1. The van der Waals surface area contributed by atoms with Crippen LogP contribution in [0.4, 0.5) is 11.4 Å². The molecule has 7 nitrogen and oxygen atoms in total. The number of hydrogen-bond acceptors (Lipinski definition) is 6. The summed E-state index contributed by atoms with van der Waals surface area (Å²) in [6.45, 7) is 6.59. The topological polar surface area (TPSA) is 77.1 Å². The molecule has 0 saturated heterocycles. The first-order chi connectivity index (χ1) is 23.1. The summed E-state index contributed by atoms with van der Waals surface area (Å²) in [4.78, 5) is 30.7. The monoisotopic (exact) mass is 642 g/mol. The molecule has 2 atom stereocenters. The van der Waals surface area contributed by atoms with Crippen LogP contribution in [-0.4, -0.2) is 33.0 Å². The van der Waals surface area contributed by atoms with Crippen molar-refractivity contribution >= 4 is 29.1 Å². The quantitative estimate of drug-likeness (QED) is 0.204. The molecule has 1 amide bonds. The third kappa shape index (κ3) is 6.33. The summed E-state index contributed by atoms with van der Waals surface area (Å²) in [5.74, 6) is 0.989. The number of fused-ring (bicyclic) bond motifs is 1. The van der Waals surface area contributed by atoms with Crippen LogP contribution in [0.2, 0.25) is 0 Å². The summed E-state index contributed by atoms with van der Waals surface area (Å²) >= 11 is 0. The largest absolute Gasteiger partial charge is 0.493 e. The maximum atomic E-state index is 14.6. The van der Waals surface area contributed by atoms with Gasteiger partial charge in [-0.3, -0.25) is 14.5 Å². The number of ketones is 1. The minimum absolute atomic E-state index is 0.0225. The van der Waals surface area contributed by atoms with E-state index < -0.39 is 6.04 Å². The average molecular weight is 643 g/mol. The molecule has 246 valence electrons. The average Bonchev–Trinajstić information content (AvgIpc) is 3.25. The lowest BCUT2D eigenvalue weighted by Crippen LogP contribution is -2.37. The summed E-state index contributed by atoms with van der Waals surface area (Å²) in [6.07, 6.45) is 4.28. The molecule has 2 aliphatic rings. The highest BCUT2D eigenvalue weighted by Gasteiger charge is 2.42. The number of ether oxygens (including phenoxy) is 3. The van der Waals surface area contributed by atoms with Crippen LogP contribution < -0.4 is 24.4 Å². The third-order valence-electron chi connectivity index (χ3n) is 9.19. The second-order valence-corrected chi connectivity index (χ2v) is 13.2. The number of rotatable bonds is 7. The van der Waals surface area contributed by atoms with Crippen LogP contribution >= 0.6 is 0 Å². The van der Waals surface area contributed by atoms with Gasteiger partial charge >= 0.3 is 0 Å². The van der Waals surface area contributed by atoms with E-state index in [9.17, 15) is 9.59 Å². The first-order valence-electron chi connectivity index (χ1n) is 16.2. The molecule has 6 rings (SSSR count). The second kappa shape index (κ2) is 13.4. The molecule has 4 aromatic carbocycles. The van der Waals surface area contributed by atoms with Gasteiger partial charge in [-0.15, -0.1) is 0 Å². The molecule has 4 aromatic rings. The molecule has 0 bridgehead atoms. The molecule has 1 aliphatic heterocycles. The first-order valence-corrected chi connectivity index (χ1v) is 16.2. The van der Waals surface area contributed by atoms with Crippen LogP contribution in [0.15, 0.2) is 108 Å². The van der Waals surface area contributed by atoms with Gasteiger partial charge in [-0.2, -0.15) is 0 Å². The summed E-state index contributed by atoms with van der Waals surface area (Å²) in [6, 6.07) is 28.9. The summed E-state index contributed by atoms with van der Waals surface area (Å²) in [5.41, 5.74) is 6.70. The van der Waals surface area contributed by atoms with E-state index in [0.29, 0.717) is 46.9 Å². The number of nitrogens with one attached hydrogen (secondary N) is 1. The minimum Gasteiger partial charge on any atom is -0.493 e. The Kier molecular flexibility index (Phi) is 9.13. The zero-order valence-electron chi connectivity index (χ0n) is 28.4. The Bertz CT molecular complexity index is 1860. The molecule has 0 saturated carbocycles. The van der Waals surface area contributed by atoms with Crippen molar-refractivity contribution in [2.24, 2.45) is 0 Å². The number of para-hydroxylation sites is 2. The number of carbonyl (C=O) groups is 2. The molecule has 7 heteroatoms. The zero-order valence-corrected chi connectivity index (χ0v) is 28.4. The number of benzene rings is 4. The second-order valence-electron chi connectivity index (χ2n) is 13.2. The van der Waals surface area contributed by atoms with Gasteiger partial charge < -0.3 is 19.5 Å². The number of Topliss-reactive ketones (excluding diaryl/α,β-unsaturated/α-hetero) is 1. The lowest BCUT2D eigenvalue weighted by atomic mass is 9.77. The molecule has 0 aromatic heterocycles. The molecule has 1 N–H and O–H groups in total. The lowest BCUT2D eigenvalue weighted by Gasteiger charge is -2.35. The number of allylic oxidation sites excluding steroid dienone is 1. The third-order valence-corrected chi connectivity index (χ3v) is 9.19. The highest BCUT2D eigenvalue weighted by Crippen LogP contribution is 2.50. The fourth-order valence-electron chi connectivity index (χ4n) is 6.71. The van der Waals surface area contributed by atoms with Gasteiger partial charge in [0.1, 0.15) is 0 Å². The van der Waals surface area contributed by atoms with Gasteiger partial charge in [0.15, 0.2) is 17.3 Å². The Labute approximate surface area is 282 Å². The van der Waals surface area contributed by atoms with Gasteiger partial charge in [0, 0.05) is 23.8 Å². The molecule has 0 spiro atoms. The fraction of sp³-hybridized carbons (Fsp3) is 0.268. The van der Waals surface area contributed by atoms with Gasteiger partial charge in [0.25, 0.3) is 5.91 Å². The van der Waals surface area contributed by atoms with Crippen LogP contribution in [0.25, 0.3) is 6.08 Å². The van der Waals surface area contributed by atoms with Gasteiger partial charge in [0.2, 0.25) is 5.75 Å².